The molecule has 1 aliphatic heterocycles. The first-order valence-electron chi connectivity index (χ1n) is 11.4. The maximum Gasteiger partial charge on any atom is 1.00 e. The van der Waals surface area contributed by atoms with Crippen LogP contribution in [0.25, 0.3) is 11.0 Å². The van der Waals surface area contributed by atoms with Crippen molar-refractivity contribution in [3.05, 3.63) is 72.2 Å². The van der Waals surface area contributed by atoms with Crippen LogP contribution in [0.15, 0.2) is 60.8 Å². The summed E-state index contributed by atoms with van der Waals surface area (Å²) < 4.78 is 52.6. The monoisotopic (exact) mass is 534 g/mol. The molecule has 10 nitrogen and oxygen atoms in total. The maximum absolute atomic E-state index is 13.4. The molecule has 0 N–H and O–H groups in total. The first-order chi connectivity index (χ1) is 17.3. The largest absolute Gasteiger partial charge is 1.00 e. The Kier molecular flexibility index (Phi) is 8.34. The van der Waals surface area contributed by atoms with E-state index in [0.717, 1.165) is 48.5 Å². The third kappa shape index (κ3) is 6.39. The molecule has 0 spiro atoms. The summed E-state index contributed by atoms with van der Waals surface area (Å²) in [5.41, 5.74) is 2.89. The minimum absolute atomic E-state index is 0. The summed E-state index contributed by atoms with van der Waals surface area (Å²) in [7, 11) is -3.09. The van der Waals surface area contributed by atoms with E-state index in [9.17, 15) is 17.4 Å². The van der Waals surface area contributed by atoms with Crippen LogP contribution in [0.5, 0.6) is 5.88 Å². The number of piperidine rings is 1. The fourth-order valence-electron chi connectivity index (χ4n) is 4.50. The normalized spacial score (nSPS) is 14.4. The Hall–Kier alpha value is -2.77. The number of rotatable bonds is 7. The van der Waals surface area contributed by atoms with Gasteiger partial charge in [0.2, 0.25) is 17.8 Å². The standard InChI is InChI=1S/C24H25FN6O4S.Na/c1-29(23-26-13-10-22(28-23)35-36(32,33)34)19-11-14-30(15-12-19)24-27-20-4-2-3-5-21(20)31(24)16-17-6-8-18(25)9-7-17;/h2-10,13,19H,11-12,14-16H2,1H3,(H,32,33,34);/q;+1/p-1. The van der Waals surface area contributed by atoms with E-state index >= 15 is 0 Å². The van der Waals surface area contributed by atoms with Gasteiger partial charge in [-0.15, -0.1) is 0 Å². The molecule has 37 heavy (non-hydrogen) atoms. The number of para-hydroxylation sites is 2. The average molecular weight is 535 g/mol. The molecule has 1 fully saturated rings. The molecule has 0 amide bonds. The van der Waals surface area contributed by atoms with Gasteiger partial charge in [0.05, 0.1) is 17.6 Å². The number of benzene rings is 2. The fourth-order valence-corrected chi connectivity index (χ4v) is 4.80. The molecule has 0 radical (unpaired) electrons. The van der Waals surface area contributed by atoms with Gasteiger partial charge >= 0.3 is 29.6 Å². The van der Waals surface area contributed by atoms with Crippen molar-refractivity contribution < 1.29 is 51.1 Å². The van der Waals surface area contributed by atoms with E-state index in [-0.39, 0.29) is 53.2 Å². The second-order valence-electron chi connectivity index (χ2n) is 8.63. The van der Waals surface area contributed by atoms with E-state index in [1.165, 1.54) is 24.4 Å². The Morgan fingerprint density at radius 2 is 1.78 bits per heavy atom. The zero-order valence-electron chi connectivity index (χ0n) is 20.5. The van der Waals surface area contributed by atoms with Crippen LogP contribution in [0.3, 0.4) is 0 Å². The van der Waals surface area contributed by atoms with E-state index < -0.39 is 10.4 Å². The smallest absolute Gasteiger partial charge is 0.716 e. The molecule has 1 aliphatic rings. The van der Waals surface area contributed by atoms with Crippen LogP contribution in [0, 0.1) is 5.82 Å². The second kappa shape index (κ2) is 11.3. The molecule has 2 aromatic heterocycles. The van der Waals surface area contributed by atoms with Gasteiger partial charge in [-0.05, 0) is 42.7 Å². The molecule has 4 aromatic rings. The van der Waals surface area contributed by atoms with Crippen LogP contribution in [0.2, 0.25) is 0 Å². The summed E-state index contributed by atoms with van der Waals surface area (Å²) in [5.74, 6) is 0.553. The second-order valence-corrected chi connectivity index (χ2v) is 9.61. The minimum atomic E-state index is -4.92. The summed E-state index contributed by atoms with van der Waals surface area (Å²) in [4.78, 5) is 17.3. The van der Waals surface area contributed by atoms with E-state index in [1.807, 2.05) is 36.2 Å². The summed E-state index contributed by atoms with van der Waals surface area (Å²) >= 11 is 0. The van der Waals surface area contributed by atoms with Crippen molar-refractivity contribution in [1.82, 2.24) is 19.5 Å². The van der Waals surface area contributed by atoms with E-state index in [4.69, 9.17) is 4.98 Å². The third-order valence-corrected chi connectivity index (χ3v) is 6.68. The predicted molar refractivity (Wildman–Crippen MR) is 131 cm³/mol. The Bertz CT molecular complexity index is 1480. The molecule has 5 rings (SSSR count). The van der Waals surface area contributed by atoms with Crippen molar-refractivity contribution in [3.8, 4) is 5.88 Å². The van der Waals surface area contributed by atoms with Crippen LogP contribution in [0.1, 0.15) is 18.4 Å². The number of hydrogen-bond acceptors (Lipinski definition) is 9. The van der Waals surface area contributed by atoms with E-state index in [1.54, 1.807) is 12.1 Å². The molecule has 0 atom stereocenters. The molecule has 0 aliphatic carbocycles. The third-order valence-electron chi connectivity index (χ3n) is 6.30. The molecule has 0 bridgehead atoms. The van der Waals surface area contributed by atoms with Gasteiger partial charge in [-0.3, -0.25) is 0 Å². The molecular weight excluding hydrogens is 510 g/mol. The van der Waals surface area contributed by atoms with Crippen LogP contribution < -0.4 is 43.5 Å². The van der Waals surface area contributed by atoms with Crippen molar-refractivity contribution in [2.45, 2.75) is 25.4 Å². The maximum atomic E-state index is 13.4. The zero-order chi connectivity index (χ0) is 25.3. The molecule has 13 heteroatoms. The Labute approximate surface area is 236 Å². The van der Waals surface area contributed by atoms with Crippen molar-refractivity contribution in [2.24, 2.45) is 0 Å². The number of fused-ring (bicyclic) bond motifs is 1. The van der Waals surface area contributed by atoms with Crippen molar-refractivity contribution in [2.75, 3.05) is 29.9 Å². The first-order valence-corrected chi connectivity index (χ1v) is 12.8. The van der Waals surface area contributed by atoms with Crippen molar-refractivity contribution in [1.29, 1.82) is 0 Å². The van der Waals surface area contributed by atoms with E-state index in [0.29, 0.717) is 6.54 Å². The topological polar surface area (TPSA) is 117 Å². The van der Waals surface area contributed by atoms with Gasteiger partial charge in [-0.1, -0.05) is 24.3 Å². The van der Waals surface area contributed by atoms with Crippen molar-refractivity contribution >= 4 is 33.3 Å². The SMILES string of the molecule is CN(c1nccc(OS(=O)(=O)[O-])n1)C1CCN(c2nc3ccccc3n2Cc2ccc(F)cc2)CC1.[Na+]. The van der Waals surface area contributed by atoms with Crippen molar-refractivity contribution in [3.63, 3.8) is 0 Å². The average Bonchev–Trinajstić information content (AvgIpc) is 3.22. The number of hydrogen-bond donors (Lipinski definition) is 0. The Balaban J connectivity index is 0.00000320. The molecule has 1 saturated heterocycles. The van der Waals surface area contributed by atoms with Gasteiger partial charge in [0.15, 0.2) is 0 Å². The number of halogens is 1. The molecule has 2 aromatic carbocycles. The number of anilines is 2. The molecule has 0 unspecified atom stereocenters. The number of nitrogens with zero attached hydrogens (tertiary/aromatic N) is 6. The molecule has 3 heterocycles. The first kappa shape index (κ1) is 27.3. The van der Waals surface area contributed by atoms with Gasteiger partial charge < -0.3 is 23.1 Å². The number of aromatic nitrogens is 4. The van der Waals surface area contributed by atoms with Gasteiger partial charge in [0.1, 0.15) is 5.82 Å². The van der Waals surface area contributed by atoms with Gasteiger partial charge in [-0.2, -0.15) is 4.98 Å². The minimum Gasteiger partial charge on any atom is -0.716 e. The van der Waals surface area contributed by atoms with Crippen LogP contribution in [-0.2, 0) is 16.9 Å². The zero-order valence-corrected chi connectivity index (χ0v) is 23.3. The summed E-state index contributed by atoms with van der Waals surface area (Å²) in [6, 6.07) is 15.8. The molecular formula is C24H24FN6NaO4S. The summed E-state index contributed by atoms with van der Waals surface area (Å²) in [6.07, 6.45) is 2.92. The number of imidazole rings is 1. The molecule has 188 valence electrons. The molecule has 0 saturated carbocycles. The summed E-state index contributed by atoms with van der Waals surface area (Å²) in [5, 5.41) is 0. The van der Waals surface area contributed by atoms with Crippen LogP contribution >= 0.6 is 0 Å². The Morgan fingerprint density at radius 3 is 2.49 bits per heavy atom. The fraction of sp³-hybridized carbons (Fsp3) is 0.292. The van der Waals surface area contributed by atoms with Gasteiger partial charge in [0.25, 0.3) is 10.4 Å². The Morgan fingerprint density at radius 1 is 1.08 bits per heavy atom. The van der Waals surface area contributed by atoms with Gasteiger partial charge in [0, 0.05) is 38.4 Å². The summed E-state index contributed by atoms with van der Waals surface area (Å²) in [6.45, 7) is 2.03. The van der Waals surface area contributed by atoms with E-state index in [2.05, 4.69) is 23.6 Å². The van der Waals surface area contributed by atoms with Crippen LogP contribution in [-0.4, -0.2) is 58.7 Å². The predicted octanol–water partition coefficient (Wildman–Crippen LogP) is -0.0381. The quantitative estimate of drug-likeness (QED) is 0.183. The van der Waals surface area contributed by atoms with Gasteiger partial charge in [-0.25, -0.2) is 22.8 Å². The van der Waals surface area contributed by atoms with Crippen LogP contribution in [0.4, 0.5) is 16.3 Å².